The fraction of sp³-hybridized carbons (Fsp3) is 0.444. The monoisotopic (exact) mass is 268 g/mol. The lowest BCUT2D eigenvalue weighted by Gasteiger charge is -2.13. The Morgan fingerprint density at radius 1 is 1.53 bits per heavy atom. The van der Waals surface area contributed by atoms with E-state index in [2.05, 4.69) is 25.6 Å². The number of nitrogens with zero attached hydrogens (tertiary/aromatic N) is 4. The number of aryl methyl sites for hydroxylation is 1. The molecule has 1 unspecified atom stereocenters. The van der Waals surface area contributed by atoms with E-state index in [1.165, 1.54) is 10.8 Å². The van der Waals surface area contributed by atoms with E-state index in [0.29, 0.717) is 5.56 Å². The van der Waals surface area contributed by atoms with Gasteiger partial charge >= 0.3 is 5.69 Å². The zero-order valence-electron chi connectivity index (χ0n) is 10.0. The molecule has 0 aromatic carbocycles. The summed E-state index contributed by atoms with van der Waals surface area (Å²) in [4.78, 5) is 24.8. The van der Waals surface area contributed by atoms with E-state index in [1.807, 2.05) is 0 Å². The minimum atomic E-state index is -0.783. The molecule has 0 radical (unpaired) electrons. The summed E-state index contributed by atoms with van der Waals surface area (Å²) in [6.07, 6.45) is 0.586. The van der Waals surface area contributed by atoms with Crippen molar-refractivity contribution in [3.8, 4) is 0 Å². The predicted molar refractivity (Wildman–Crippen MR) is 61.1 cm³/mol. The first kappa shape index (κ1) is 13.1. The largest absolute Gasteiger partial charge is 0.393 e. The molecule has 0 fully saturated rings. The summed E-state index contributed by atoms with van der Waals surface area (Å²) in [5, 5.41) is 21.9. The quantitative estimate of drug-likeness (QED) is 0.573. The van der Waals surface area contributed by atoms with Crippen LogP contribution < -0.4 is 11.2 Å². The zero-order chi connectivity index (χ0) is 13.8. The van der Waals surface area contributed by atoms with Crippen LogP contribution in [0.25, 0.3) is 0 Å². The second-order valence-electron chi connectivity index (χ2n) is 3.79. The van der Waals surface area contributed by atoms with Crippen molar-refractivity contribution in [3.63, 3.8) is 0 Å². The van der Waals surface area contributed by atoms with Crippen molar-refractivity contribution in [2.24, 2.45) is 0 Å². The maximum absolute atomic E-state index is 11.5. The van der Waals surface area contributed by atoms with Gasteiger partial charge in [0.05, 0.1) is 6.61 Å². The van der Waals surface area contributed by atoms with Crippen LogP contribution in [0.1, 0.15) is 17.5 Å². The van der Waals surface area contributed by atoms with Crippen molar-refractivity contribution < 1.29 is 9.84 Å². The minimum absolute atomic E-state index is 0.150. The summed E-state index contributed by atoms with van der Waals surface area (Å²) < 4.78 is 6.48. The molecule has 0 amide bonds. The first-order valence-electron chi connectivity index (χ1n) is 5.38. The van der Waals surface area contributed by atoms with E-state index in [0.717, 1.165) is 0 Å². The number of aromatic amines is 2. The molecule has 0 aliphatic carbocycles. The van der Waals surface area contributed by atoms with Crippen LogP contribution in [-0.2, 0) is 11.5 Å². The highest BCUT2D eigenvalue weighted by Gasteiger charge is 2.15. The molecule has 0 aliphatic rings. The Morgan fingerprint density at radius 3 is 2.95 bits per heavy atom. The summed E-state index contributed by atoms with van der Waals surface area (Å²) >= 11 is 0. The van der Waals surface area contributed by atoms with Gasteiger partial charge in [0, 0.05) is 11.8 Å². The van der Waals surface area contributed by atoms with Gasteiger partial charge in [-0.15, -0.1) is 5.10 Å². The van der Waals surface area contributed by atoms with Crippen LogP contribution in [0.4, 0.5) is 0 Å². The van der Waals surface area contributed by atoms with E-state index in [1.54, 1.807) is 6.92 Å². The Labute approximate surface area is 106 Å². The molecule has 10 heteroatoms. The van der Waals surface area contributed by atoms with Gasteiger partial charge in [-0.25, -0.2) is 9.89 Å². The smallest absolute Gasteiger partial charge is 0.330 e. The van der Waals surface area contributed by atoms with Gasteiger partial charge < -0.3 is 9.84 Å². The number of aliphatic hydroxyl groups excluding tert-OH is 1. The number of aromatic nitrogens is 6. The molecule has 102 valence electrons. The van der Waals surface area contributed by atoms with Crippen molar-refractivity contribution in [2.75, 3.05) is 6.61 Å². The molecule has 0 aliphatic heterocycles. The van der Waals surface area contributed by atoms with E-state index in [9.17, 15) is 9.59 Å². The van der Waals surface area contributed by atoms with Gasteiger partial charge in [0.25, 0.3) is 5.56 Å². The van der Waals surface area contributed by atoms with Crippen molar-refractivity contribution in [2.45, 2.75) is 19.8 Å². The van der Waals surface area contributed by atoms with Gasteiger partial charge in [0.1, 0.15) is 12.8 Å². The minimum Gasteiger partial charge on any atom is -0.393 e. The third-order valence-corrected chi connectivity index (χ3v) is 2.44. The van der Waals surface area contributed by atoms with E-state index >= 15 is 0 Å². The number of nitrogens with one attached hydrogen (secondary N) is 2. The van der Waals surface area contributed by atoms with Crippen molar-refractivity contribution in [1.29, 1.82) is 0 Å². The number of hydrogen-bond donors (Lipinski definition) is 3. The summed E-state index contributed by atoms with van der Waals surface area (Å²) in [6, 6.07) is 0. The molecule has 1 atom stereocenters. The molecule has 3 N–H and O–H groups in total. The van der Waals surface area contributed by atoms with Crippen molar-refractivity contribution in [1.82, 2.24) is 30.2 Å². The summed E-state index contributed by atoms with van der Waals surface area (Å²) in [7, 11) is 0. The van der Waals surface area contributed by atoms with E-state index in [-0.39, 0.29) is 19.2 Å². The molecule has 19 heavy (non-hydrogen) atoms. The molecule has 2 aromatic rings. The Morgan fingerprint density at radius 2 is 2.32 bits per heavy atom. The van der Waals surface area contributed by atoms with Crippen LogP contribution in [0.3, 0.4) is 0 Å². The number of tetrazole rings is 1. The van der Waals surface area contributed by atoms with Gasteiger partial charge in [0.15, 0.2) is 5.82 Å². The normalized spacial score (nSPS) is 12.5. The van der Waals surface area contributed by atoms with Gasteiger partial charge in [-0.2, -0.15) is 0 Å². The fourth-order valence-electron chi connectivity index (χ4n) is 1.41. The van der Waals surface area contributed by atoms with Crippen LogP contribution in [0.5, 0.6) is 0 Å². The molecule has 0 saturated carbocycles. The van der Waals surface area contributed by atoms with E-state index < -0.39 is 17.4 Å². The van der Waals surface area contributed by atoms with E-state index in [4.69, 9.17) is 9.84 Å². The maximum Gasteiger partial charge on any atom is 0.330 e. The fourth-order valence-corrected chi connectivity index (χ4v) is 1.41. The first-order chi connectivity index (χ1) is 9.11. The Bertz CT molecular complexity index is 645. The molecule has 2 rings (SSSR count). The van der Waals surface area contributed by atoms with Crippen LogP contribution >= 0.6 is 0 Å². The Hall–Kier alpha value is -2.33. The second-order valence-corrected chi connectivity index (χ2v) is 3.79. The topological polar surface area (TPSA) is 139 Å². The lowest BCUT2D eigenvalue weighted by Crippen LogP contribution is -2.32. The van der Waals surface area contributed by atoms with Crippen LogP contribution in [0.15, 0.2) is 15.8 Å². The highest BCUT2D eigenvalue weighted by molar-refractivity contribution is 5.00. The number of aliphatic hydroxyl groups is 1. The molecule has 0 spiro atoms. The summed E-state index contributed by atoms with van der Waals surface area (Å²) in [5.41, 5.74) is -0.660. The lowest BCUT2D eigenvalue weighted by atomic mass is 10.3. The van der Waals surface area contributed by atoms with Gasteiger partial charge in [-0.1, -0.05) is 0 Å². The molecular weight excluding hydrogens is 256 g/mol. The molecule has 0 saturated heterocycles. The summed E-state index contributed by atoms with van der Waals surface area (Å²) in [6.45, 7) is 1.06. The van der Waals surface area contributed by atoms with Gasteiger partial charge in [-0.05, 0) is 17.4 Å². The highest BCUT2D eigenvalue weighted by atomic mass is 16.5. The third-order valence-electron chi connectivity index (χ3n) is 2.44. The Kier molecular flexibility index (Phi) is 3.82. The third kappa shape index (κ3) is 2.92. The molecule has 10 nitrogen and oxygen atoms in total. The summed E-state index contributed by atoms with van der Waals surface area (Å²) in [5.74, 6) is 0.247. The standard InChI is InChI=1S/C9H12N6O4/c1-5-2-15(9(18)10-8(5)17)4-19-6(3-16)7-11-13-14-12-7/h2,6,16H,3-4H2,1H3,(H,10,17,18)(H,11,12,13,14). The molecule has 2 heterocycles. The number of ether oxygens (including phenoxy) is 1. The van der Waals surface area contributed by atoms with Gasteiger partial charge in [0.2, 0.25) is 0 Å². The van der Waals surface area contributed by atoms with Crippen LogP contribution in [0.2, 0.25) is 0 Å². The average molecular weight is 268 g/mol. The highest BCUT2D eigenvalue weighted by Crippen LogP contribution is 2.10. The average Bonchev–Trinajstić information content (AvgIpc) is 2.90. The Balaban J connectivity index is 2.12. The number of rotatable bonds is 5. The van der Waals surface area contributed by atoms with Crippen LogP contribution in [0, 0.1) is 6.92 Å². The lowest BCUT2D eigenvalue weighted by molar-refractivity contribution is -0.0319. The molecular formula is C9H12N6O4. The van der Waals surface area contributed by atoms with Crippen molar-refractivity contribution in [3.05, 3.63) is 38.4 Å². The predicted octanol–water partition coefficient (Wildman–Crippen LogP) is -1.93. The van der Waals surface area contributed by atoms with Crippen molar-refractivity contribution >= 4 is 0 Å². The number of H-pyrrole nitrogens is 2. The number of hydrogen-bond acceptors (Lipinski definition) is 7. The van der Waals surface area contributed by atoms with Gasteiger partial charge in [-0.3, -0.25) is 14.3 Å². The SMILES string of the molecule is Cc1cn(COC(CO)c2nnn[nH]2)c(=O)[nH]c1=O. The maximum atomic E-state index is 11.5. The second kappa shape index (κ2) is 5.54. The van der Waals surface area contributed by atoms with Crippen LogP contribution in [-0.4, -0.2) is 41.9 Å². The molecule has 2 aromatic heterocycles. The first-order valence-corrected chi connectivity index (χ1v) is 5.38. The zero-order valence-corrected chi connectivity index (χ0v) is 10.0. The molecule has 0 bridgehead atoms.